The number of alkyl carbamates (subject to hydrolysis) is 1. The molecule has 0 radical (unpaired) electrons. The van der Waals surface area contributed by atoms with Gasteiger partial charge in [-0.25, -0.2) is 9.59 Å². The van der Waals surface area contributed by atoms with E-state index in [-0.39, 0.29) is 53.9 Å². The largest absolute Gasteiger partial charge is 0.459 e. The number of likely N-dealkylation sites (tertiary alicyclic amines) is 1. The number of nitrogens with one attached hydrogen (secondary N) is 2. The average Bonchev–Trinajstić information content (AvgIpc) is 3.62. The molecule has 0 aromatic heterocycles. The molecule has 1 fully saturated rings. The van der Waals surface area contributed by atoms with E-state index in [1.807, 2.05) is 71.9 Å². The third-order valence-corrected chi connectivity index (χ3v) is 16.3. The number of nitrogens with zero attached hydrogens (tertiary/aromatic N) is 1. The van der Waals surface area contributed by atoms with Crippen LogP contribution in [-0.4, -0.2) is 85.0 Å². The van der Waals surface area contributed by atoms with Crippen LogP contribution < -0.4 is 10.6 Å². The SMILES string of the molecule is CC[C@H](C)[C@H](NC(=O)OC(C)(C)C)[C@@H](CC(=O)C[C@H](C(=O)[C@@H](C)C(=O)N[C@@H](CC(C)C)C(=O)N1CCC[C@H]1C(=O)OCc1ccccc1)C(C)C)O[Si](C)(C)C(C)(C)C. The molecule has 0 spiro atoms. The van der Waals surface area contributed by atoms with E-state index in [0.717, 1.165) is 5.56 Å². The maximum atomic E-state index is 14.2. The molecule has 3 amide bonds. The van der Waals surface area contributed by atoms with Crippen molar-refractivity contribution in [3.8, 4) is 0 Å². The summed E-state index contributed by atoms with van der Waals surface area (Å²) in [5.74, 6) is -4.32. The lowest BCUT2D eigenvalue weighted by atomic mass is 9.80. The highest BCUT2D eigenvalue weighted by Gasteiger charge is 2.44. The molecule has 13 heteroatoms. The lowest BCUT2D eigenvalue weighted by Crippen LogP contribution is -2.55. The van der Waals surface area contributed by atoms with E-state index in [4.69, 9.17) is 13.9 Å². The van der Waals surface area contributed by atoms with Crippen molar-refractivity contribution in [1.29, 1.82) is 0 Å². The molecule has 59 heavy (non-hydrogen) atoms. The van der Waals surface area contributed by atoms with Gasteiger partial charge in [-0.15, -0.1) is 0 Å². The lowest BCUT2D eigenvalue weighted by molar-refractivity contribution is -0.155. The van der Waals surface area contributed by atoms with Crippen LogP contribution in [0.3, 0.4) is 0 Å². The summed E-state index contributed by atoms with van der Waals surface area (Å²) in [6, 6.07) is 7.06. The minimum atomic E-state index is -2.47. The molecule has 12 nitrogen and oxygen atoms in total. The van der Waals surface area contributed by atoms with Crippen LogP contribution in [0.4, 0.5) is 4.79 Å². The Labute approximate surface area is 356 Å². The van der Waals surface area contributed by atoms with Gasteiger partial charge in [0.2, 0.25) is 11.8 Å². The number of Topliss-reactive ketones (excluding diaryl/α,β-unsaturated/α-hetero) is 2. The van der Waals surface area contributed by atoms with Gasteiger partial charge in [-0.05, 0) is 88.4 Å². The van der Waals surface area contributed by atoms with Gasteiger partial charge in [-0.1, -0.05) is 99.1 Å². The number of carbonyl (C=O) groups is 6. The normalized spacial score (nSPS) is 18.1. The number of carbonyl (C=O) groups excluding carboxylic acids is 6. The van der Waals surface area contributed by atoms with Gasteiger partial charge >= 0.3 is 12.1 Å². The second-order valence-electron chi connectivity index (χ2n) is 19.9. The second-order valence-corrected chi connectivity index (χ2v) is 24.6. The van der Waals surface area contributed by atoms with Gasteiger partial charge in [0, 0.05) is 25.3 Å². The van der Waals surface area contributed by atoms with Crippen LogP contribution in [0.5, 0.6) is 0 Å². The summed E-state index contributed by atoms with van der Waals surface area (Å²) in [7, 11) is -2.47. The Morgan fingerprint density at radius 2 is 1.49 bits per heavy atom. The van der Waals surface area contributed by atoms with Crippen molar-refractivity contribution in [3.63, 3.8) is 0 Å². The Kier molecular flexibility index (Phi) is 19.5. The fourth-order valence-corrected chi connectivity index (χ4v) is 8.40. The summed E-state index contributed by atoms with van der Waals surface area (Å²) in [5.41, 5.74) is 0.116. The van der Waals surface area contributed by atoms with Gasteiger partial charge in [0.25, 0.3) is 0 Å². The molecule has 1 aromatic carbocycles. The topological polar surface area (TPSA) is 157 Å². The highest BCUT2D eigenvalue weighted by molar-refractivity contribution is 6.74. The standard InChI is InChI=1S/C46H77N3O9Si/c1-16-31(6)39(48-44(55)57-45(8,9)10)38(58-59(14,15)46(11,12)13)27-34(50)26-35(30(4)5)40(51)32(7)41(52)47-36(25-29(2)3)42(53)49-24-20-23-37(49)43(54)56-28-33-21-18-17-19-22-33/h17-19,21-22,29-32,35-39H,16,20,23-28H2,1-15H3,(H,47,52)(H,48,55)/t31-,32+,35-,36-,37-,38+,39-/m0/s1. The molecule has 0 bridgehead atoms. The Morgan fingerprint density at radius 3 is 2.02 bits per heavy atom. The molecule has 0 aliphatic carbocycles. The first kappa shape index (κ1) is 51.6. The highest BCUT2D eigenvalue weighted by Crippen LogP contribution is 2.39. The van der Waals surface area contributed by atoms with Crippen LogP contribution in [-0.2, 0) is 44.5 Å². The molecular formula is C46H77N3O9Si. The first-order valence-electron chi connectivity index (χ1n) is 21.7. The van der Waals surface area contributed by atoms with Crippen molar-refractivity contribution in [2.24, 2.45) is 29.6 Å². The van der Waals surface area contributed by atoms with Crippen LogP contribution in [0.15, 0.2) is 30.3 Å². The van der Waals surface area contributed by atoms with Gasteiger partial charge in [-0.2, -0.15) is 0 Å². The molecule has 1 aliphatic heterocycles. The number of hydrogen-bond donors (Lipinski definition) is 2. The summed E-state index contributed by atoms with van der Waals surface area (Å²) in [6.07, 6.45) is 0.679. The Hall–Kier alpha value is -3.58. The number of esters is 1. The van der Waals surface area contributed by atoms with Crippen LogP contribution in [0.2, 0.25) is 18.1 Å². The number of rotatable bonds is 21. The van der Waals surface area contributed by atoms with Crippen molar-refractivity contribution in [1.82, 2.24) is 15.5 Å². The van der Waals surface area contributed by atoms with Gasteiger partial charge in [0.1, 0.15) is 35.9 Å². The quantitative estimate of drug-likeness (QED) is 0.0705. The Morgan fingerprint density at radius 1 is 0.881 bits per heavy atom. The van der Waals surface area contributed by atoms with Crippen molar-refractivity contribution < 1.29 is 42.7 Å². The van der Waals surface area contributed by atoms with Crippen LogP contribution in [0.1, 0.15) is 134 Å². The summed E-state index contributed by atoms with van der Waals surface area (Å²) in [6.45, 7) is 29.5. The maximum absolute atomic E-state index is 14.2. The zero-order valence-electron chi connectivity index (χ0n) is 38.9. The van der Waals surface area contributed by atoms with E-state index < -0.39 is 73.7 Å². The summed E-state index contributed by atoms with van der Waals surface area (Å²) < 4.78 is 18.1. The lowest BCUT2D eigenvalue weighted by Gasteiger charge is -2.43. The van der Waals surface area contributed by atoms with E-state index in [1.54, 1.807) is 20.8 Å². The minimum absolute atomic E-state index is 0.0212. The van der Waals surface area contributed by atoms with Crippen LogP contribution in [0.25, 0.3) is 0 Å². The van der Waals surface area contributed by atoms with Gasteiger partial charge in [0.15, 0.2) is 8.32 Å². The van der Waals surface area contributed by atoms with E-state index in [0.29, 0.717) is 32.2 Å². The van der Waals surface area contributed by atoms with E-state index >= 15 is 0 Å². The van der Waals surface area contributed by atoms with Crippen LogP contribution in [0, 0.1) is 29.6 Å². The fraction of sp³-hybridized carbons (Fsp3) is 0.739. The molecule has 1 heterocycles. The predicted octanol–water partition coefficient (Wildman–Crippen LogP) is 8.41. The molecule has 7 atom stereocenters. The van der Waals surface area contributed by atoms with Gasteiger partial charge in [-0.3, -0.25) is 19.2 Å². The molecule has 1 aliphatic rings. The predicted molar refractivity (Wildman–Crippen MR) is 234 cm³/mol. The third kappa shape index (κ3) is 16.1. The number of amides is 3. The maximum Gasteiger partial charge on any atom is 0.407 e. The number of hydrogen-bond acceptors (Lipinski definition) is 9. The minimum Gasteiger partial charge on any atom is -0.459 e. The Balaban J connectivity index is 2.29. The van der Waals surface area contributed by atoms with Gasteiger partial charge < -0.3 is 29.4 Å². The molecule has 334 valence electrons. The number of ether oxygens (including phenoxy) is 2. The molecular weight excluding hydrogens is 767 g/mol. The third-order valence-electron chi connectivity index (χ3n) is 11.8. The van der Waals surface area contributed by atoms with Crippen molar-refractivity contribution >= 4 is 43.8 Å². The number of ketones is 2. The Bertz CT molecular complexity index is 1570. The fourth-order valence-electron chi connectivity index (χ4n) is 7.05. The van der Waals surface area contributed by atoms with E-state index in [1.165, 1.54) is 11.8 Å². The first-order valence-corrected chi connectivity index (χ1v) is 24.6. The van der Waals surface area contributed by atoms with Crippen molar-refractivity contribution in [3.05, 3.63) is 35.9 Å². The molecule has 0 unspecified atom stereocenters. The molecule has 2 N–H and O–H groups in total. The summed E-state index contributed by atoms with van der Waals surface area (Å²) in [4.78, 5) is 84.0. The highest BCUT2D eigenvalue weighted by atomic mass is 28.4. The van der Waals surface area contributed by atoms with E-state index in [2.05, 4.69) is 44.5 Å². The second kappa shape index (κ2) is 22.3. The molecule has 1 saturated heterocycles. The number of benzene rings is 1. The first-order chi connectivity index (χ1) is 27.2. The van der Waals surface area contributed by atoms with Gasteiger partial charge in [0.05, 0.1) is 18.1 Å². The zero-order chi connectivity index (χ0) is 45.0. The molecule has 1 aromatic rings. The van der Waals surface area contributed by atoms with Crippen LogP contribution >= 0.6 is 0 Å². The zero-order valence-corrected chi connectivity index (χ0v) is 39.9. The molecule has 2 rings (SSSR count). The average molecular weight is 844 g/mol. The summed E-state index contributed by atoms with van der Waals surface area (Å²) >= 11 is 0. The summed E-state index contributed by atoms with van der Waals surface area (Å²) in [5, 5.41) is 5.70. The smallest absolute Gasteiger partial charge is 0.407 e. The molecule has 0 saturated carbocycles. The van der Waals surface area contributed by atoms with E-state index in [9.17, 15) is 28.8 Å². The van der Waals surface area contributed by atoms with Crippen molar-refractivity contribution in [2.45, 2.75) is 183 Å². The monoisotopic (exact) mass is 844 g/mol. The van der Waals surface area contributed by atoms with Crippen molar-refractivity contribution in [2.75, 3.05) is 6.54 Å².